The molecule has 2 aliphatic rings. The highest BCUT2D eigenvalue weighted by Gasteiger charge is 2.35. The van der Waals surface area contributed by atoms with Gasteiger partial charge in [0.15, 0.2) is 0 Å². The number of benzene rings is 1. The fraction of sp³-hybridized carbons (Fsp3) is 0.556. The lowest BCUT2D eigenvalue weighted by Gasteiger charge is -2.37. The number of nitrogens with two attached hydrogens (primary N) is 1. The zero-order chi connectivity index (χ0) is 19.6. The Balaban J connectivity index is 1.67. The van der Waals surface area contributed by atoms with Gasteiger partial charge < -0.3 is 20.7 Å². The van der Waals surface area contributed by atoms with Crippen molar-refractivity contribution < 1.29 is 23.1 Å². The first-order valence-electron chi connectivity index (χ1n) is 8.97. The summed E-state index contributed by atoms with van der Waals surface area (Å²) in [4.78, 5) is 26.1. The summed E-state index contributed by atoms with van der Waals surface area (Å²) >= 11 is 0. The predicted molar refractivity (Wildman–Crippen MR) is 97.0 cm³/mol. The highest BCUT2D eigenvalue weighted by atomic mass is 19.1. The second-order valence-corrected chi connectivity index (χ2v) is 7.03. The van der Waals surface area contributed by atoms with Gasteiger partial charge in [-0.15, -0.1) is 0 Å². The van der Waals surface area contributed by atoms with Gasteiger partial charge in [0.05, 0.1) is 24.5 Å². The van der Waals surface area contributed by atoms with Crippen molar-refractivity contribution in [3.8, 4) is 0 Å². The van der Waals surface area contributed by atoms with Gasteiger partial charge in [-0.25, -0.2) is 13.6 Å². The molecule has 3 N–H and O–H groups in total. The number of rotatable bonds is 5. The van der Waals surface area contributed by atoms with Crippen molar-refractivity contribution in [2.75, 3.05) is 42.5 Å². The van der Waals surface area contributed by atoms with E-state index in [1.54, 1.807) is 17.0 Å². The monoisotopic (exact) mass is 382 g/mol. The molecule has 2 saturated heterocycles. The number of amides is 2. The molecule has 0 aromatic heterocycles. The van der Waals surface area contributed by atoms with Crippen molar-refractivity contribution >= 4 is 23.4 Å². The molecule has 148 valence electrons. The average Bonchev–Trinajstić information content (AvgIpc) is 3.02. The van der Waals surface area contributed by atoms with Crippen LogP contribution in [0.5, 0.6) is 0 Å². The smallest absolute Gasteiger partial charge is 0.414 e. The minimum Gasteiger partial charge on any atom is -0.442 e. The van der Waals surface area contributed by atoms with E-state index in [0.29, 0.717) is 24.5 Å². The van der Waals surface area contributed by atoms with E-state index < -0.39 is 23.7 Å². The lowest BCUT2D eigenvalue weighted by Crippen LogP contribution is -2.46. The first-order valence-corrected chi connectivity index (χ1v) is 8.97. The number of anilines is 2. The Morgan fingerprint density at radius 2 is 2.11 bits per heavy atom. The van der Waals surface area contributed by atoms with Crippen molar-refractivity contribution in [1.82, 2.24) is 5.32 Å². The SMILES string of the molecule is CC(=O)NC[C@H]1CN(c2ccc(N3CCC(F)(CN)CC3)c(F)c2)C(=O)O1. The molecular weight excluding hydrogens is 358 g/mol. The number of carbonyl (C=O) groups is 2. The second kappa shape index (κ2) is 7.67. The van der Waals surface area contributed by atoms with Gasteiger partial charge in [-0.05, 0) is 18.2 Å². The molecule has 0 saturated carbocycles. The Hall–Kier alpha value is -2.42. The molecule has 27 heavy (non-hydrogen) atoms. The first-order chi connectivity index (χ1) is 12.8. The highest BCUT2D eigenvalue weighted by Crippen LogP contribution is 2.32. The summed E-state index contributed by atoms with van der Waals surface area (Å²) in [6.45, 7) is 2.55. The van der Waals surface area contributed by atoms with Gasteiger partial charge in [0.1, 0.15) is 17.6 Å². The largest absolute Gasteiger partial charge is 0.442 e. The molecule has 1 aromatic carbocycles. The maximum absolute atomic E-state index is 14.6. The van der Waals surface area contributed by atoms with Gasteiger partial charge in [0, 0.05) is 39.4 Å². The maximum atomic E-state index is 14.6. The Morgan fingerprint density at radius 1 is 1.41 bits per heavy atom. The van der Waals surface area contributed by atoms with E-state index in [4.69, 9.17) is 10.5 Å². The number of hydrogen-bond acceptors (Lipinski definition) is 5. The molecule has 7 nitrogen and oxygen atoms in total. The lowest BCUT2D eigenvalue weighted by atomic mass is 9.93. The summed E-state index contributed by atoms with van der Waals surface area (Å²) in [6.07, 6.45) is -0.553. The average molecular weight is 382 g/mol. The second-order valence-electron chi connectivity index (χ2n) is 7.03. The molecule has 9 heteroatoms. The van der Waals surface area contributed by atoms with Gasteiger partial charge in [0.2, 0.25) is 5.91 Å². The molecule has 1 aromatic rings. The van der Waals surface area contributed by atoms with Crippen molar-refractivity contribution in [2.45, 2.75) is 31.5 Å². The number of halogens is 2. The molecule has 2 heterocycles. The number of cyclic esters (lactones) is 1. The van der Waals surface area contributed by atoms with E-state index in [0.717, 1.165) is 0 Å². The van der Waals surface area contributed by atoms with Crippen LogP contribution in [0.25, 0.3) is 0 Å². The van der Waals surface area contributed by atoms with Crippen LogP contribution in [0.15, 0.2) is 18.2 Å². The molecule has 0 bridgehead atoms. The Kier molecular flexibility index (Phi) is 5.50. The first kappa shape index (κ1) is 19.3. The van der Waals surface area contributed by atoms with E-state index in [9.17, 15) is 18.4 Å². The van der Waals surface area contributed by atoms with Crippen LogP contribution in [-0.2, 0) is 9.53 Å². The summed E-state index contributed by atoms with van der Waals surface area (Å²) < 4.78 is 34.1. The third-order valence-electron chi connectivity index (χ3n) is 5.06. The fourth-order valence-corrected chi connectivity index (χ4v) is 3.37. The van der Waals surface area contributed by atoms with Gasteiger partial charge in [-0.2, -0.15) is 0 Å². The summed E-state index contributed by atoms with van der Waals surface area (Å²) in [5.41, 5.74) is 4.84. The lowest BCUT2D eigenvalue weighted by molar-refractivity contribution is -0.119. The van der Waals surface area contributed by atoms with Crippen LogP contribution in [0, 0.1) is 5.82 Å². The van der Waals surface area contributed by atoms with E-state index in [2.05, 4.69) is 5.32 Å². The molecule has 1 atom stereocenters. The number of alkyl halides is 1. The van der Waals surface area contributed by atoms with Gasteiger partial charge >= 0.3 is 6.09 Å². The predicted octanol–water partition coefficient (Wildman–Crippen LogP) is 1.55. The zero-order valence-corrected chi connectivity index (χ0v) is 15.2. The topological polar surface area (TPSA) is 87.9 Å². The molecule has 2 aliphatic heterocycles. The van der Waals surface area contributed by atoms with Gasteiger partial charge in [-0.1, -0.05) is 0 Å². The number of nitrogens with zero attached hydrogens (tertiary/aromatic N) is 2. The summed E-state index contributed by atoms with van der Waals surface area (Å²) in [7, 11) is 0. The number of ether oxygens (including phenoxy) is 1. The van der Waals surface area contributed by atoms with Crippen molar-refractivity contribution in [2.24, 2.45) is 5.73 Å². The van der Waals surface area contributed by atoms with Crippen LogP contribution in [0.2, 0.25) is 0 Å². The van der Waals surface area contributed by atoms with Crippen LogP contribution in [0.1, 0.15) is 19.8 Å². The van der Waals surface area contributed by atoms with Crippen LogP contribution in [0.4, 0.5) is 25.0 Å². The summed E-state index contributed by atoms with van der Waals surface area (Å²) in [5, 5.41) is 2.59. The number of piperidine rings is 1. The van der Waals surface area contributed by atoms with Crippen molar-refractivity contribution in [3.63, 3.8) is 0 Å². The minimum absolute atomic E-state index is 0.0288. The third kappa shape index (κ3) is 4.29. The van der Waals surface area contributed by atoms with Crippen molar-refractivity contribution in [3.05, 3.63) is 24.0 Å². The van der Waals surface area contributed by atoms with Crippen LogP contribution >= 0.6 is 0 Å². The number of nitrogens with one attached hydrogen (secondary N) is 1. The Bertz CT molecular complexity index is 723. The molecule has 0 radical (unpaired) electrons. The van der Waals surface area contributed by atoms with Crippen LogP contribution < -0.4 is 20.9 Å². The van der Waals surface area contributed by atoms with E-state index in [1.165, 1.54) is 17.9 Å². The van der Waals surface area contributed by atoms with E-state index in [-0.39, 0.29) is 38.4 Å². The summed E-state index contributed by atoms with van der Waals surface area (Å²) in [5.74, 6) is -0.696. The maximum Gasteiger partial charge on any atom is 0.414 e. The van der Waals surface area contributed by atoms with Crippen molar-refractivity contribution in [1.29, 1.82) is 0 Å². The molecule has 0 spiro atoms. The highest BCUT2D eigenvalue weighted by molar-refractivity contribution is 5.90. The number of hydrogen-bond donors (Lipinski definition) is 2. The Labute approximate surface area is 156 Å². The molecule has 2 amide bonds. The molecular formula is C18H24F2N4O3. The zero-order valence-electron chi connectivity index (χ0n) is 15.2. The molecule has 0 unspecified atom stereocenters. The van der Waals surface area contributed by atoms with Crippen LogP contribution in [-0.4, -0.2) is 56.5 Å². The molecule has 0 aliphatic carbocycles. The fourth-order valence-electron chi connectivity index (χ4n) is 3.37. The third-order valence-corrected chi connectivity index (χ3v) is 5.06. The van der Waals surface area contributed by atoms with Gasteiger partial charge in [-0.3, -0.25) is 9.69 Å². The van der Waals surface area contributed by atoms with E-state index >= 15 is 0 Å². The van der Waals surface area contributed by atoms with Gasteiger partial charge in [0.25, 0.3) is 0 Å². The quantitative estimate of drug-likeness (QED) is 0.807. The minimum atomic E-state index is -1.38. The number of carbonyl (C=O) groups excluding carboxylic acids is 2. The van der Waals surface area contributed by atoms with Crippen LogP contribution in [0.3, 0.4) is 0 Å². The summed E-state index contributed by atoms with van der Waals surface area (Å²) in [6, 6.07) is 4.51. The van der Waals surface area contributed by atoms with E-state index in [1.807, 2.05) is 0 Å². The molecule has 3 rings (SSSR count). The molecule has 2 fully saturated rings. The standard InChI is InChI=1S/C18H24F2N4O3/c1-12(25)22-9-14-10-24(17(26)27-14)13-2-3-16(15(19)8-13)23-6-4-18(20,11-21)5-7-23/h2-3,8,14H,4-7,9-11,21H2,1H3,(H,22,25)/t14-/m0/s1. The Morgan fingerprint density at radius 3 is 2.70 bits per heavy atom. The normalized spacial score (nSPS) is 21.9.